The van der Waals surface area contributed by atoms with Crippen molar-refractivity contribution in [2.75, 3.05) is 0 Å². The van der Waals surface area contributed by atoms with Crippen molar-refractivity contribution in [3.8, 4) is 33.6 Å². The standard InChI is InChI=1S/C24H29N5O.C20H20FN5O/c1-15(2)22-26-27-28-29(22)21-13-18(17-8-6-16(3)7-9-17)12-19(14-21)23(30)25-24(4,5)20-10-11-20;1-20(2,16-5-6-16)23-19(27)15-9-14(13-3-7-17(21)8-4-13)10-18(11-15)26-12-22-24-25-26/h6-9,12-15,20H,10-11H2,1-5H3,(H,25,30);3-4,7-12,16H,5-6H2,1-2H3,(H,23,27). The Morgan fingerprint density at radius 2 is 1.19 bits per heavy atom. The molecule has 2 fully saturated rings. The summed E-state index contributed by atoms with van der Waals surface area (Å²) in [6.45, 7) is 14.5. The van der Waals surface area contributed by atoms with Crippen LogP contribution in [0.5, 0.6) is 0 Å². The third kappa shape index (κ3) is 9.31. The molecule has 2 aromatic heterocycles. The van der Waals surface area contributed by atoms with Crippen LogP contribution in [-0.2, 0) is 0 Å². The molecule has 2 aliphatic rings. The molecule has 2 heterocycles. The summed E-state index contributed by atoms with van der Waals surface area (Å²) in [5, 5.41) is 29.8. The molecule has 4 aromatic carbocycles. The molecule has 8 rings (SSSR count). The fourth-order valence-electron chi connectivity index (χ4n) is 7.02. The van der Waals surface area contributed by atoms with E-state index in [4.69, 9.17) is 0 Å². The minimum atomic E-state index is -0.306. The topological polar surface area (TPSA) is 145 Å². The number of halogens is 1. The van der Waals surface area contributed by atoms with Gasteiger partial charge in [0.1, 0.15) is 12.1 Å². The number of nitrogens with zero attached hydrogens (tertiary/aromatic N) is 8. The van der Waals surface area contributed by atoms with Crippen LogP contribution >= 0.6 is 0 Å². The summed E-state index contributed by atoms with van der Waals surface area (Å²) >= 11 is 0. The molecule has 0 bridgehead atoms. The Hall–Kier alpha value is -6.11. The van der Waals surface area contributed by atoms with Crippen LogP contribution in [0.1, 0.15) is 105 Å². The van der Waals surface area contributed by atoms with Crippen molar-refractivity contribution in [1.82, 2.24) is 51.0 Å². The van der Waals surface area contributed by atoms with Gasteiger partial charge in [0, 0.05) is 28.1 Å². The van der Waals surface area contributed by atoms with Crippen LogP contribution in [0.15, 0.2) is 91.3 Å². The number of tetrazole rings is 2. The van der Waals surface area contributed by atoms with E-state index in [-0.39, 0.29) is 34.6 Å². The first-order valence-corrected chi connectivity index (χ1v) is 19.5. The average Bonchev–Trinajstić information content (AvgIpc) is 4.12. The van der Waals surface area contributed by atoms with Crippen LogP contribution < -0.4 is 10.6 Å². The van der Waals surface area contributed by atoms with E-state index >= 15 is 0 Å². The predicted octanol–water partition coefficient (Wildman–Crippen LogP) is 8.07. The molecule has 13 heteroatoms. The van der Waals surface area contributed by atoms with Gasteiger partial charge in [-0.05, 0) is 164 Å². The van der Waals surface area contributed by atoms with E-state index in [2.05, 4.69) is 114 Å². The molecule has 57 heavy (non-hydrogen) atoms. The second-order valence-corrected chi connectivity index (χ2v) is 16.7. The second kappa shape index (κ2) is 15.8. The fourth-order valence-corrected chi connectivity index (χ4v) is 7.02. The maximum atomic E-state index is 13.3. The molecule has 0 saturated heterocycles. The Labute approximate surface area is 332 Å². The van der Waals surface area contributed by atoms with Gasteiger partial charge in [-0.1, -0.05) is 55.8 Å². The van der Waals surface area contributed by atoms with Crippen LogP contribution in [0.4, 0.5) is 4.39 Å². The van der Waals surface area contributed by atoms with Gasteiger partial charge in [0.25, 0.3) is 11.8 Å². The maximum absolute atomic E-state index is 13.3. The van der Waals surface area contributed by atoms with Crippen molar-refractivity contribution in [1.29, 1.82) is 0 Å². The smallest absolute Gasteiger partial charge is 0.251 e. The van der Waals surface area contributed by atoms with Gasteiger partial charge < -0.3 is 10.6 Å². The average molecular weight is 769 g/mol. The molecule has 0 unspecified atom stereocenters. The van der Waals surface area contributed by atoms with Crippen molar-refractivity contribution >= 4 is 11.8 Å². The number of hydrogen-bond donors (Lipinski definition) is 2. The number of rotatable bonds is 11. The number of benzene rings is 4. The Balaban J connectivity index is 0.000000175. The minimum Gasteiger partial charge on any atom is -0.347 e. The molecule has 2 amide bonds. The molecule has 294 valence electrons. The second-order valence-electron chi connectivity index (χ2n) is 16.7. The van der Waals surface area contributed by atoms with Crippen molar-refractivity contribution in [2.24, 2.45) is 11.8 Å². The van der Waals surface area contributed by atoms with Crippen molar-refractivity contribution in [3.05, 3.63) is 120 Å². The molecule has 0 spiro atoms. The molecule has 0 radical (unpaired) electrons. The van der Waals surface area contributed by atoms with E-state index in [1.807, 2.05) is 24.3 Å². The lowest BCUT2D eigenvalue weighted by atomic mass is 9.96. The fraction of sp³-hybridized carbons (Fsp3) is 0.364. The summed E-state index contributed by atoms with van der Waals surface area (Å²) in [6, 6.07) is 25.8. The molecule has 0 atom stereocenters. The van der Waals surface area contributed by atoms with Crippen molar-refractivity contribution < 1.29 is 14.0 Å². The van der Waals surface area contributed by atoms with Gasteiger partial charge in [-0.2, -0.15) is 4.68 Å². The van der Waals surface area contributed by atoms with E-state index in [0.717, 1.165) is 46.6 Å². The first-order chi connectivity index (χ1) is 27.2. The van der Waals surface area contributed by atoms with Gasteiger partial charge >= 0.3 is 0 Å². The third-order valence-electron chi connectivity index (χ3n) is 10.9. The third-order valence-corrected chi connectivity index (χ3v) is 10.9. The Kier molecular flexibility index (Phi) is 10.8. The Morgan fingerprint density at radius 3 is 1.68 bits per heavy atom. The highest BCUT2D eigenvalue weighted by atomic mass is 19.1. The number of aromatic nitrogens is 8. The summed E-state index contributed by atoms with van der Waals surface area (Å²) < 4.78 is 16.5. The number of nitrogens with one attached hydrogen (secondary N) is 2. The van der Waals surface area contributed by atoms with Crippen LogP contribution in [0.25, 0.3) is 33.6 Å². The van der Waals surface area contributed by atoms with Crippen LogP contribution in [-0.4, -0.2) is 63.3 Å². The van der Waals surface area contributed by atoms with Gasteiger partial charge in [-0.3, -0.25) is 9.59 Å². The Morgan fingerprint density at radius 1 is 0.684 bits per heavy atom. The number of aryl methyl sites for hydroxylation is 1. The van der Waals surface area contributed by atoms with Crippen LogP contribution in [0.2, 0.25) is 0 Å². The zero-order valence-electron chi connectivity index (χ0n) is 33.5. The van der Waals surface area contributed by atoms with Crippen molar-refractivity contribution in [3.63, 3.8) is 0 Å². The van der Waals surface area contributed by atoms with Gasteiger partial charge in [0.15, 0.2) is 5.82 Å². The Bertz CT molecular complexity index is 2360. The summed E-state index contributed by atoms with van der Waals surface area (Å²) in [5.74, 6) is 1.47. The minimum absolute atomic E-state index is 0.0683. The first-order valence-electron chi connectivity index (χ1n) is 19.5. The molecule has 2 N–H and O–H groups in total. The summed E-state index contributed by atoms with van der Waals surface area (Å²) in [6.07, 6.45) is 6.09. The van der Waals surface area contributed by atoms with Gasteiger partial charge in [-0.25, -0.2) is 9.07 Å². The quantitative estimate of drug-likeness (QED) is 0.135. The van der Waals surface area contributed by atoms with E-state index in [9.17, 15) is 14.0 Å². The zero-order chi connectivity index (χ0) is 40.5. The maximum Gasteiger partial charge on any atom is 0.251 e. The van der Waals surface area contributed by atoms with E-state index in [1.165, 1.54) is 41.5 Å². The number of amides is 2. The van der Waals surface area contributed by atoms with Gasteiger partial charge in [0.2, 0.25) is 0 Å². The summed E-state index contributed by atoms with van der Waals surface area (Å²) in [4.78, 5) is 26.1. The predicted molar refractivity (Wildman–Crippen MR) is 217 cm³/mol. The largest absolute Gasteiger partial charge is 0.347 e. The molecule has 12 nitrogen and oxygen atoms in total. The van der Waals surface area contributed by atoms with Gasteiger partial charge in [0.05, 0.1) is 11.4 Å². The van der Waals surface area contributed by atoms with Crippen LogP contribution in [0, 0.1) is 24.6 Å². The van der Waals surface area contributed by atoms with Crippen molar-refractivity contribution in [2.45, 2.75) is 91.1 Å². The molecule has 2 saturated carbocycles. The van der Waals surface area contributed by atoms with E-state index in [1.54, 1.807) is 28.9 Å². The molecule has 2 aliphatic carbocycles. The summed E-state index contributed by atoms with van der Waals surface area (Å²) in [5.41, 5.74) is 6.92. The SMILES string of the molecule is CC(C)(NC(=O)c1cc(-c2ccc(F)cc2)cc(-n2cnnn2)c1)C1CC1.Cc1ccc(-c2cc(C(=O)NC(C)(C)C3CC3)cc(-n3nnnc3C(C)C)c2)cc1. The number of carbonyl (C=O) groups excluding carboxylic acids is 2. The van der Waals surface area contributed by atoms with E-state index < -0.39 is 0 Å². The monoisotopic (exact) mass is 768 g/mol. The molecular weight excluding hydrogens is 720 g/mol. The van der Waals surface area contributed by atoms with Gasteiger partial charge in [-0.15, -0.1) is 10.2 Å². The highest BCUT2D eigenvalue weighted by Crippen LogP contribution is 2.40. The summed E-state index contributed by atoms with van der Waals surface area (Å²) in [7, 11) is 0. The highest BCUT2D eigenvalue weighted by molar-refractivity contribution is 5.97. The zero-order valence-corrected chi connectivity index (χ0v) is 33.5. The number of hydrogen-bond acceptors (Lipinski definition) is 8. The highest BCUT2D eigenvalue weighted by Gasteiger charge is 2.40. The van der Waals surface area contributed by atoms with Crippen LogP contribution in [0.3, 0.4) is 0 Å². The molecule has 0 aliphatic heterocycles. The van der Waals surface area contributed by atoms with E-state index in [0.29, 0.717) is 28.7 Å². The lowest BCUT2D eigenvalue weighted by Crippen LogP contribution is -2.45. The lowest BCUT2D eigenvalue weighted by molar-refractivity contribution is 0.0894. The number of carbonyl (C=O) groups is 2. The molecular formula is C44H49FN10O2. The lowest BCUT2D eigenvalue weighted by Gasteiger charge is -2.26. The molecule has 6 aromatic rings. The normalized spacial score (nSPS) is 14.2. The first kappa shape index (κ1) is 39.1.